The number of hydrogen-bond acceptors (Lipinski definition) is 4. The summed E-state index contributed by atoms with van der Waals surface area (Å²) in [6.07, 6.45) is 6.44. The molecule has 1 aromatic heterocycles. The molecule has 4 heteroatoms. The van der Waals surface area contributed by atoms with E-state index in [1.54, 1.807) is 11.3 Å². The number of aliphatic hydroxyl groups is 1. The fourth-order valence-corrected chi connectivity index (χ4v) is 4.63. The highest BCUT2D eigenvalue weighted by Crippen LogP contribution is 2.41. The zero-order valence-electron chi connectivity index (χ0n) is 11.2. The van der Waals surface area contributed by atoms with Gasteiger partial charge in [-0.25, -0.2) is 4.98 Å². The SMILES string of the molecule is Cc1nc(N2CCC3CCCCC32)sc1C(C)O. The fraction of sp³-hybridized carbons (Fsp3) is 0.786. The van der Waals surface area contributed by atoms with Crippen LogP contribution in [0.1, 0.15) is 55.7 Å². The molecule has 3 atom stereocenters. The van der Waals surface area contributed by atoms with E-state index in [9.17, 15) is 5.11 Å². The van der Waals surface area contributed by atoms with Crippen molar-refractivity contribution in [2.24, 2.45) is 5.92 Å². The number of rotatable bonds is 2. The van der Waals surface area contributed by atoms with E-state index in [2.05, 4.69) is 9.88 Å². The average molecular weight is 266 g/mol. The number of aromatic nitrogens is 1. The molecule has 18 heavy (non-hydrogen) atoms. The van der Waals surface area contributed by atoms with Crippen LogP contribution < -0.4 is 4.90 Å². The Bertz CT molecular complexity index is 429. The van der Waals surface area contributed by atoms with Gasteiger partial charge in [0.05, 0.1) is 16.7 Å². The van der Waals surface area contributed by atoms with Gasteiger partial charge in [0.15, 0.2) is 5.13 Å². The maximum absolute atomic E-state index is 9.75. The van der Waals surface area contributed by atoms with Crippen LogP contribution in [0.4, 0.5) is 5.13 Å². The Morgan fingerprint density at radius 2 is 2.11 bits per heavy atom. The van der Waals surface area contributed by atoms with Gasteiger partial charge >= 0.3 is 0 Å². The van der Waals surface area contributed by atoms with Crippen molar-refractivity contribution in [3.63, 3.8) is 0 Å². The van der Waals surface area contributed by atoms with Crippen LogP contribution in [-0.2, 0) is 0 Å². The fourth-order valence-electron chi connectivity index (χ4n) is 3.55. The Morgan fingerprint density at radius 1 is 1.33 bits per heavy atom. The van der Waals surface area contributed by atoms with Crippen molar-refractivity contribution in [1.82, 2.24) is 4.98 Å². The molecule has 0 radical (unpaired) electrons. The maximum Gasteiger partial charge on any atom is 0.186 e. The highest BCUT2D eigenvalue weighted by Gasteiger charge is 2.37. The third kappa shape index (κ3) is 2.05. The van der Waals surface area contributed by atoms with Crippen molar-refractivity contribution < 1.29 is 5.11 Å². The van der Waals surface area contributed by atoms with Crippen molar-refractivity contribution >= 4 is 16.5 Å². The molecule has 1 aliphatic carbocycles. The highest BCUT2D eigenvalue weighted by atomic mass is 32.1. The lowest BCUT2D eigenvalue weighted by Crippen LogP contribution is -2.34. The summed E-state index contributed by atoms with van der Waals surface area (Å²) in [5, 5.41) is 10.9. The molecule has 1 aliphatic heterocycles. The third-order valence-corrected chi connectivity index (χ3v) is 5.82. The molecule has 1 aromatic rings. The number of fused-ring (bicyclic) bond motifs is 1. The predicted octanol–water partition coefficient (Wildman–Crippen LogP) is 3.27. The number of anilines is 1. The summed E-state index contributed by atoms with van der Waals surface area (Å²) in [5.74, 6) is 0.887. The summed E-state index contributed by atoms with van der Waals surface area (Å²) in [5.41, 5.74) is 1.00. The molecular formula is C14H22N2OS. The molecule has 0 amide bonds. The molecule has 0 aromatic carbocycles. The normalized spacial score (nSPS) is 29.4. The van der Waals surface area contributed by atoms with E-state index in [4.69, 9.17) is 0 Å². The first-order valence-electron chi connectivity index (χ1n) is 7.09. The van der Waals surface area contributed by atoms with E-state index < -0.39 is 0 Å². The van der Waals surface area contributed by atoms with Crippen LogP contribution in [0.15, 0.2) is 0 Å². The summed E-state index contributed by atoms with van der Waals surface area (Å²) >= 11 is 1.69. The van der Waals surface area contributed by atoms with Crippen LogP contribution in [0.2, 0.25) is 0 Å². The molecule has 1 saturated carbocycles. The number of aryl methyl sites for hydroxylation is 1. The van der Waals surface area contributed by atoms with Gasteiger partial charge in [-0.15, -0.1) is 0 Å². The van der Waals surface area contributed by atoms with E-state index in [-0.39, 0.29) is 6.10 Å². The Balaban J connectivity index is 1.84. The summed E-state index contributed by atoms with van der Waals surface area (Å²) < 4.78 is 0. The van der Waals surface area contributed by atoms with Crippen LogP contribution in [0.25, 0.3) is 0 Å². The Kier molecular flexibility index (Phi) is 3.32. The molecule has 100 valence electrons. The molecule has 1 saturated heterocycles. The topological polar surface area (TPSA) is 36.4 Å². The van der Waals surface area contributed by atoms with Gasteiger partial charge in [0, 0.05) is 12.6 Å². The van der Waals surface area contributed by atoms with Gasteiger partial charge in [-0.2, -0.15) is 0 Å². The maximum atomic E-state index is 9.75. The molecule has 3 nitrogen and oxygen atoms in total. The minimum atomic E-state index is -0.388. The van der Waals surface area contributed by atoms with Crippen LogP contribution >= 0.6 is 11.3 Å². The van der Waals surface area contributed by atoms with E-state index in [1.807, 2.05) is 13.8 Å². The van der Waals surface area contributed by atoms with Gasteiger partial charge in [-0.05, 0) is 39.0 Å². The number of aliphatic hydroxyl groups excluding tert-OH is 1. The number of thiazole rings is 1. The molecule has 3 rings (SSSR count). The largest absolute Gasteiger partial charge is 0.388 e. The Labute approximate surface area is 113 Å². The average Bonchev–Trinajstić information content (AvgIpc) is 2.92. The second kappa shape index (κ2) is 4.82. The van der Waals surface area contributed by atoms with Crippen molar-refractivity contribution in [2.75, 3.05) is 11.4 Å². The van der Waals surface area contributed by atoms with Gasteiger partial charge < -0.3 is 10.0 Å². The standard InChI is InChI=1S/C14H22N2OS/c1-9-13(10(2)17)18-14(15-9)16-8-7-11-5-3-4-6-12(11)16/h10-12,17H,3-8H2,1-2H3. The first kappa shape index (κ1) is 12.4. The zero-order chi connectivity index (χ0) is 12.7. The third-order valence-electron chi connectivity index (χ3n) is 4.46. The lowest BCUT2D eigenvalue weighted by Gasteiger charge is -2.31. The van der Waals surface area contributed by atoms with Crippen LogP contribution in [0, 0.1) is 12.8 Å². The predicted molar refractivity (Wildman–Crippen MR) is 75.2 cm³/mol. The molecule has 2 heterocycles. The Hall–Kier alpha value is -0.610. The van der Waals surface area contributed by atoms with Crippen molar-refractivity contribution in [3.05, 3.63) is 10.6 Å². The van der Waals surface area contributed by atoms with Crippen LogP contribution in [0.3, 0.4) is 0 Å². The van der Waals surface area contributed by atoms with Crippen molar-refractivity contribution in [3.8, 4) is 0 Å². The minimum absolute atomic E-state index is 0.388. The van der Waals surface area contributed by atoms with Gasteiger partial charge in [-0.3, -0.25) is 0 Å². The first-order valence-corrected chi connectivity index (χ1v) is 7.90. The summed E-state index contributed by atoms with van der Waals surface area (Å²) in [4.78, 5) is 8.23. The highest BCUT2D eigenvalue weighted by molar-refractivity contribution is 7.15. The minimum Gasteiger partial charge on any atom is -0.388 e. The van der Waals surface area contributed by atoms with E-state index in [1.165, 1.54) is 32.1 Å². The summed E-state index contributed by atoms with van der Waals surface area (Å²) in [6.45, 7) is 5.00. The molecular weight excluding hydrogens is 244 g/mol. The second-order valence-corrected chi connectivity index (χ2v) is 6.73. The summed E-state index contributed by atoms with van der Waals surface area (Å²) in [6, 6.07) is 0.714. The Morgan fingerprint density at radius 3 is 2.83 bits per heavy atom. The molecule has 2 fully saturated rings. The number of hydrogen-bond donors (Lipinski definition) is 1. The van der Waals surface area contributed by atoms with E-state index in [0.717, 1.165) is 28.2 Å². The van der Waals surface area contributed by atoms with Crippen LogP contribution in [0.5, 0.6) is 0 Å². The smallest absolute Gasteiger partial charge is 0.186 e. The molecule has 0 spiro atoms. The molecule has 0 bridgehead atoms. The van der Waals surface area contributed by atoms with Crippen LogP contribution in [-0.4, -0.2) is 22.7 Å². The lowest BCUT2D eigenvalue weighted by molar-refractivity contribution is 0.202. The summed E-state index contributed by atoms with van der Waals surface area (Å²) in [7, 11) is 0. The van der Waals surface area contributed by atoms with Gasteiger partial charge in [-0.1, -0.05) is 24.2 Å². The molecule has 1 N–H and O–H groups in total. The van der Waals surface area contributed by atoms with Crippen molar-refractivity contribution in [1.29, 1.82) is 0 Å². The molecule has 2 aliphatic rings. The zero-order valence-corrected chi connectivity index (χ0v) is 12.0. The second-order valence-electron chi connectivity index (χ2n) is 5.72. The number of nitrogens with zero attached hydrogens (tertiary/aromatic N) is 2. The lowest BCUT2D eigenvalue weighted by atomic mass is 9.85. The quantitative estimate of drug-likeness (QED) is 0.892. The van der Waals surface area contributed by atoms with Crippen molar-refractivity contribution in [2.45, 2.75) is 58.1 Å². The monoisotopic (exact) mass is 266 g/mol. The van der Waals surface area contributed by atoms with E-state index >= 15 is 0 Å². The molecule has 3 unspecified atom stereocenters. The van der Waals surface area contributed by atoms with Gasteiger partial charge in [0.2, 0.25) is 0 Å². The van der Waals surface area contributed by atoms with E-state index in [0.29, 0.717) is 6.04 Å². The first-order chi connectivity index (χ1) is 8.66. The van der Waals surface area contributed by atoms with Gasteiger partial charge in [0.1, 0.15) is 0 Å². The van der Waals surface area contributed by atoms with Gasteiger partial charge in [0.25, 0.3) is 0 Å².